The van der Waals surface area contributed by atoms with Gasteiger partial charge in [0.2, 0.25) is 6.41 Å². The molecule has 1 heterocycles. The lowest BCUT2D eigenvalue weighted by Gasteiger charge is -2.15. The maximum atomic E-state index is 13.4. The largest absolute Gasteiger partial charge is 0.442 e. The van der Waals surface area contributed by atoms with Crippen molar-refractivity contribution < 1.29 is 18.7 Å². The number of nitrogens with one attached hydrogen (secondary N) is 1. The van der Waals surface area contributed by atoms with Gasteiger partial charge in [0.1, 0.15) is 12.0 Å². The highest BCUT2D eigenvalue weighted by molar-refractivity contribution is 5.72. The van der Waals surface area contributed by atoms with Crippen LogP contribution < -0.4 is 5.32 Å². The van der Waals surface area contributed by atoms with E-state index in [2.05, 4.69) is 10.4 Å². The van der Waals surface area contributed by atoms with E-state index >= 15 is 0 Å². The molecule has 0 saturated heterocycles. The predicted octanol–water partition coefficient (Wildman–Crippen LogP) is 2.85. The Bertz CT molecular complexity index is 559. The quantitative estimate of drug-likeness (QED) is 0.618. The Labute approximate surface area is 135 Å². The molecule has 1 aliphatic carbocycles. The summed E-state index contributed by atoms with van der Waals surface area (Å²) in [5.41, 5.74) is 0.724. The molecule has 1 aliphatic rings. The zero-order valence-electron chi connectivity index (χ0n) is 13.8. The standard InChI is InChI=1S/C16H24FN3O3/c1-10(2)11(3)16(22)23-9-20-15(18-8-21)7-14(19-20)12-4-5-13(17)6-12/h7-8,10-13H,4-6,9H2,1-3H3,(H,18,21)/t11?,12-,13+/m1/s1. The van der Waals surface area contributed by atoms with Crippen molar-refractivity contribution in [3.8, 4) is 0 Å². The molecule has 23 heavy (non-hydrogen) atoms. The summed E-state index contributed by atoms with van der Waals surface area (Å²) < 4.78 is 20.1. The lowest BCUT2D eigenvalue weighted by atomic mass is 9.99. The summed E-state index contributed by atoms with van der Waals surface area (Å²) in [6.45, 7) is 5.64. The average Bonchev–Trinajstić information content (AvgIpc) is 3.10. The van der Waals surface area contributed by atoms with E-state index in [0.29, 0.717) is 25.1 Å². The number of carbonyl (C=O) groups excluding carboxylic acids is 2. The van der Waals surface area contributed by atoms with Crippen LogP contribution in [0.5, 0.6) is 0 Å². The second-order valence-electron chi connectivity index (χ2n) is 6.45. The maximum Gasteiger partial charge on any atom is 0.310 e. The molecule has 7 heteroatoms. The van der Waals surface area contributed by atoms with Crippen LogP contribution in [0.1, 0.15) is 51.6 Å². The smallest absolute Gasteiger partial charge is 0.310 e. The molecule has 0 radical (unpaired) electrons. The Kier molecular flexibility index (Phi) is 5.74. The fourth-order valence-electron chi connectivity index (χ4n) is 2.63. The normalized spacial score (nSPS) is 22.1. The zero-order valence-corrected chi connectivity index (χ0v) is 13.8. The summed E-state index contributed by atoms with van der Waals surface area (Å²) in [6.07, 6.45) is 1.47. The molecule has 3 atom stereocenters. The second kappa shape index (κ2) is 7.57. The van der Waals surface area contributed by atoms with Gasteiger partial charge in [-0.15, -0.1) is 0 Å². The van der Waals surface area contributed by atoms with E-state index in [1.54, 1.807) is 6.07 Å². The van der Waals surface area contributed by atoms with Crippen LogP contribution >= 0.6 is 0 Å². The van der Waals surface area contributed by atoms with Crippen LogP contribution in [0, 0.1) is 11.8 Å². The van der Waals surface area contributed by atoms with Crippen molar-refractivity contribution in [3.63, 3.8) is 0 Å². The van der Waals surface area contributed by atoms with Crippen molar-refractivity contribution in [2.24, 2.45) is 11.8 Å². The number of ether oxygens (including phenoxy) is 1. The van der Waals surface area contributed by atoms with Gasteiger partial charge in [-0.1, -0.05) is 20.8 Å². The highest BCUT2D eigenvalue weighted by Gasteiger charge is 2.28. The number of hydrogen-bond donors (Lipinski definition) is 1. The second-order valence-corrected chi connectivity index (χ2v) is 6.45. The van der Waals surface area contributed by atoms with Crippen LogP contribution in [0.25, 0.3) is 0 Å². The SMILES string of the molecule is CC(C)C(C)C(=O)OCn1nc([C@@H]2CC[C@H](F)C2)cc1NC=O. The topological polar surface area (TPSA) is 73.2 Å². The predicted molar refractivity (Wildman–Crippen MR) is 83.5 cm³/mol. The van der Waals surface area contributed by atoms with Gasteiger partial charge in [-0.05, 0) is 25.2 Å². The highest BCUT2D eigenvalue weighted by Crippen LogP contribution is 2.36. The number of alkyl halides is 1. The van der Waals surface area contributed by atoms with Gasteiger partial charge in [-0.25, -0.2) is 9.07 Å². The summed E-state index contributed by atoms with van der Waals surface area (Å²) in [5.74, 6) is 0.155. The van der Waals surface area contributed by atoms with Crippen molar-refractivity contribution >= 4 is 18.2 Å². The molecule has 128 valence electrons. The molecule has 0 aromatic carbocycles. The van der Waals surface area contributed by atoms with Crippen LogP contribution in [0.15, 0.2) is 6.07 Å². The fourth-order valence-corrected chi connectivity index (χ4v) is 2.63. The lowest BCUT2D eigenvalue weighted by molar-refractivity contribution is -0.153. The third kappa shape index (κ3) is 4.30. The van der Waals surface area contributed by atoms with E-state index in [1.165, 1.54) is 4.68 Å². The first-order chi connectivity index (χ1) is 10.9. The molecule has 1 amide bonds. The Balaban J connectivity index is 2.06. The van der Waals surface area contributed by atoms with E-state index in [0.717, 1.165) is 12.1 Å². The van der Waals surface area contributed by atoms with Gasteiger partial charge in [0.05, 0.1) is 11.6 Å². The molecule has 2 rings (SSSR count). The lowest BCUT2D eigenvalue weighted by Crippen LogP contribution is -2.22. The summed E-state index contributed by atoms with van der Waals surface area (Å²) in [7, 11) is 0. The van der Waals surface area contributed by atoms with Gasteiger partial charge in [0, 0.05) is 12.0 Å². The minimum Gasteiger partial charge on any atom is -0.442 e. The van der Waals surface area contributed by atoms with Gasteiger partial charge in [0.25, 0.3) is 0 Å². The van der Waals surface area contributed by atoms with Crippen LogP contribution in [0.2, 0.25) is 0 Å². The third-order valence-corrected chi connectivity index (χ3v) is 4.49. The van der Waals surface area contributed by atoms with Crippen molar-refractivity contribution in [1.82, 2.24) is 9.78 Å². The van der Waals surface area contributed by atoms with Gasteiger partial charge in [-0.2, -0.15) is 5.10 Å². The van der Waals surface area contributed by atoms with Crippen molar-refractivity contribution in [2.75, 3.05) is 5.32 Å². The third-order valence-electron chi connectivity index (χ3n) is 4.49. The molecular formula is C16H24FN3O3. The minimum atomic E-state index is -0.794. The number of carbonyl (C=O) groups is 2. The molecule has 1 unspecified atom stereocenters. The van der Waals surface area contributed by atoms with Crippen molar-refractivity contribution in [1.29, 1.82) is 0 Å². The maximum absolute atomic E-state index is 13.4. The summed E-state index contributed by atoms with van der Waals surface area (Å²) in [6, 6.07) is 1.72. The number of halogens is 1. The molecule has 0 bridgehead atoms. The van der Waals surface area contributed by atoms with Crippen molar-refractivity contribution in [3.05, 3.63) is 11.8 Å². The van der Waals surface area contributed by atoms with Gasteiger partial charge in [-0.3, -0.25) is 9.59 Å². The molecule has 1 aromatic rings. The summed E-state index contributed by atoms with van der Waals surface area (Å²) >= 11 is 0. The van der Waals surface area contributed by atoms with Crippen LogP contribution in [-0.2, 0) is 21.1 Å². The number of amides is 1. The van der Waals surface area contributed by atoms with E-state index in [4.69, 9.17) is 4.74 Å². The first-order valence-corrected chi connectivity index (χ1v) is 8.01. The van der Waals surface area contributed by atoms with Gasteiger partial charge in [0.15, 0.2) is 6.73 Å². The van der Waals surface area contributed by atoms with Crippen LogP contribution in [-0.4, -0.2) is 28.3 Å². The minimum absolute atomic E-state index is 0.0451. The molecule has 1 fully saturated rings. The van der Waals surface area contributed by atoms with E-state index in [9.17, 15) is 14.0 Å². The van der Waals surface area contributed by atoms with E-state index in [-0.39, 0.29) is 30.5 Å². The highest BCUT2D eigenvalue weighted by atomic mass is 19.1. The first-order valence-electron chi connectivity index (χ1n) is 8.01. The number of nitrogens with zero attached hydrogens (tertiary/aromatic N) is 2. The molecule has 0 spiro atoms. The summed E-state index contributed by atoms with van der Waals surface area (Å²) in [4.78, 5) is 22.7. The fraction of sp³-hybridized carbons (Fsp3) is 0.688. The monoisotopic (exact) mass is 325 g/mol. The van der Waals surface area contributed by atoms with E-state index in [1.807, 2.05) is 20.8 Å². The number of anilines is 1. The molecule has 6 nitrogen and oxygen atoms in total. The number of esters is 1. The van der Waals surface area contributed by atoms with Gasteiger partial charge >= 0.3 is 5.97 Å². The Morgan fingerprint density at radius 3 is 2.83 bits per heavy atom. The van der Waals surface area contributed by atoms with Crippen molar-refractivity contribution in [2.45, 2.75) is 58.9 Å². The molecular weight excluding hydrogens is 301 g/mol. The van der Waals surface area contributed by atoms with Crippen LogP contribution in [0.3, 0.4) is 0 Å². The Morgan fingerprint density at radius 2 is 2.26 bits per heavy atom. The van der Waals surface area contributed by atoms with E-state index < -0.39 is 6.17 Å². The number of aromatic nitrogens is 2. The van der Waals surface area contributed by atoms with Crippen LogP contribution in [0.4, 0.5) is 10.2 Å². The van der Waals surface area contributed by atoms with Gasteiger partial charge < -0.3 is 10.1 Å². The summed E-state index contributed by atoms with van der Waals surface area (Å²) in [5, 5.41) is 6.91. The Hall–Kier alpha value is -1.92. The average molecular weight is 325 g/mol. The zero-order chi connectivity index (χ0) is 17.0. The number of hydrogen-bond acceptors (Lipinski definition) is 4. The Morgan fingerprint density at radius 1 is 1.52 bits per heavy atom. The first kappa shape index (κ1) is 17.4. The molecule has 0 aliphatic heterocycles. The molecule has 1 saturated carbocycles. The molecule has 1 N–H and O–H groups in total. The molecule has 1 aromatic heterocycles. The number of rotatable bonds is 7.